The monoisotopic (exact) mass is 306 g/mol. The van der Waals surface area contributed by atoms with E-state index in [-0.39, 0.29) is 0 Å². The highest BCUT2D eigenvalue weighted by Crippen LogP contribution is 2.34. The topological polar surface area (TPSA) is 69.7 Å². The molecule has 1 aliphatic rings. The quantitative estimate of drug-likeness (QED) is 0.774. The molecule has 4 rings (SSSR count). The van der Waals surface area contributed by atoms with Crippen LogP contribution in [0.5, 0.6) is 0 Å². The molecule has 1 saturated heterocycles. The van der Waals surface area contributed by atoms with Crippen LogP contribution in [0.25, 0.3) is 22.6 Å². The second kappa shape index (κ2) is 6.18. The third-order valence-electron chi connectivity index (χ3n) is 4.08. The second-order valence-electron chi connectivity index (χ2n) is 5.48. The number of nitrogens with one attached hydrogen (secondary N) is 2. The number of nitrogens with zero attached hydrogens (tertiary/aromatic N) is 4. The van der Waals surface area contributed by atoms with Crippen molar-refractivity contribution in [2.45, 2.75) is 0 Å². The van der Waals surface area contributed by atoms with Gasteiger partial charge >= 0.3 is 0 Å². The number of rotatable bonds is 3. The Kier molecular flexibility index (Phi) is 3.73. The van der Waals surface area contributed by atoms with Gasteiger partial charge in [-0.3, -0.25) is 0 Å². The van der Waals surface area contributed by atoms with E-state index in [1.54, 1.807) is 12.5 Å². The number of para-hydroxylation sites is 1. The van der Waals surface area contributed by atoms with Crippen LogP contribution >= 0.6 is 0 Å². The highest BCUT2D eigenvalue weighted by molar-refractivity contribution is 5.85. The molecule has 0 bridgehead atoms. The number of hydrogen-bond donors (Lipinski definition) is 2. The van der Waals surface area contributed by atoms with Gasteiger partial charge in [-0.05, 0) is 6.07 Å². The summed E-state index contributed by atoms with van der Waals surface area (Å²) in [7, 11) is 0. The van der Waals surface area contributed by atoms with Crippen LogP contribution in [-0.2, 0) is 0 Å². The Morgan fingerprint density at radius 2 is 1.87 bits per heavy atom. The molecule has 6 nitrogen and oxygen atoms in total. The molecule has 0 spiro atoms. The van der Waals surface area contributed by atoms with Crippen molar-refractivity contribution in [1.82, 2.24) is 25.3 Å². The fourth-order valence-corrected chi connectivity index (χ4v) is 2.99. The van der Waals surface area contributed by atoms with Gasteiger partial charge in [0, 0.05) is 56.0 Å². The minimum absolute atomic E-state index is 0.788. The largest absolute Gasteiger partial charge is 0.368 e. The predicted molar refractivity (Wildman–Crippen MR) is 90.1 cm³/mol. The van der Waals surface area contributed by atoms with E-state index in [0.717, 1.165) is 48.8 Å². The fraction of sp³-hybridized carbons (Fsp3) is 0.235. The van der Waals surface area contributed by atoms with E-state index in [1.165, 1.54) is 5.69 Å². The molecule has 0 unspecified atom stereocenters. The molecule has 116 valence electrons. The van der Waals surface area contributed by atoms with Crippen molar-refractivity contribution >= 4 is 5.69 Å². The molecule has 0 saturated carbocycles. The molecule has 23 heavy (non-hydrogen) atoms. The Morgan fingerprint density at radius 1 is 1.00 bits per heavy atom. The molecule has 0 aliphatic carbocycles. The summed E-state index contributed by atoms with van der Waals surface area (Å²) in [5.41, 5.74) is 4.15. The molecule has 1 aromatic carbocycles. The molecule has 0 radical (unpaired) electrons. The van der Waals surface area contributed by atoms with Crippen LogP contribution in [0.3, 0.4) is 0 Å². The van der Waals surface area contributed by atoms with Crippen LogP contribution in [0.2, 0.25) is 0 Å². The zero-order chi connectivity index (χ0) is 15.5. The van der Waals surface area contributed by atoms with Crippen molar-refractivity contribution in [3.8, 4) is 22.6 Å². The number of piperazine rings is 1. The van der Waals surface area contributed by atoms with Gasteiger partial charge in [-0.15, -0.1) is 0 Å². The van der Waals surface area contributed by atoms with Gasteiger partial charge in [0.25, 0.3) is 0 Å². The third kappa shape index (κ3) is 2.68. The van der Waals surface area contributed by atoms with E-state index in [2.05, 4.69) is 54.4 Å². The van der Waals surface area contributed by atoms with Gasteiger partial charge < -0.3 is 15.2 Å². The van der Waals surface area contributed by atoms with Gasteiger partial charge in [0.15, 0.2) is 0 Å². The first-order chi connectivity index (χ1) is 11.4. The Labute approximate surface area is 134 Å². The molecule has 3 heterocycles. The minimum atomic E-state index is 0.788. The van der Waals surface area contributed by atoms with Crippen molar-refractivity contribution in [3.63, 3.8) is 0 Å². The maximum Gasteiger partial charge on any atom is 0.141 e. The Bertz CT molecular complexity index is 777. The second-order valence-corrected chi connectivity index (χ2v) is 5.48. The lowest BCUT2D eigenvalue weighted by Gasteiger charge is -2.31. The number of benzene rings is 1. The van der Waals surface area contributed by atoms with Crippen molar-refractivity contribution < 1.29 is 0 Å². The maximum atomic E-state index is 4.55. The van der Waals surface area contributed by atoms with E-state index >= 15 is 0 Å². The summed E-state index contributed by atoms with van der Waals surface area (Å²) in [5.74, 6) is 0.788. The Hall–Kier alpha value is -2.73. The average molecular weight is 306 g/mol. The Morgan fingerprint density at radius 3 is 2.70 bits per heavy atom. The standard InChI is InChI=1S/C17H18N6/c1-2-4-15(23-9-7-18-8-10-23)13(3-1)16-14(11-19-12-22-16)17-20-5-6-21-17/h1-6,11-12,18H,7-10H2,(H,20,21). The van der Waals surface area contributed by atoms with Gasteiger partial charge in [0.2, 0.25) is 0 Å². The van der Waals surface area contributed by atoms with E-state index in [1.807, 2.05) is 12.4 Å². The van der Waals surface area contributed by atoms with Crippen LogP contribution in [0, 0.1) is 0 Å². The lowest BCUT2D eigenvalue weighted by atomic mass is 10.0. The first kappa shape index (κ1) is 13.9. The first-order valence-corrected chi connectivity index (χ1v) is 7.78. The van der Waals surface area contributed by atoms with E-state index < -0.39 is 0 Å². The predicted octanol–water partition coefficient (Wildman–Crippen LogP) is 1.94. The number of anilines is 1. The molecular formula is C17H18N6. The highest BCUT2D eigenvalue weighted by Gasteiger charge is 2.18. The van der Waals surface area contributed by atoms with Gasteiger partial charge in [-0.25, -0.2) is 15.0 Å². The molecule has 2 aromatic heterocycles. The molecule has 0 atom stereocenters. The van der Waals surface area contributed by atoms with Crippen molar-refractivity contribution in [2.24, 2.45) is 0 Å². The SMILES string of the molecule is c1ccc(N2CCNCC2)c(-c2ncncc2-c2ncc[nH]2)c1. The van der Waals surface area contributed by atoms with Crippen LogP contribution in [-0.4, -0.2) is 46.1 Å². The molecular weight excluding hydrogens is 288 g/mol. The first-order valence-electron chi connectivity index (χ1n) is 7.78. The van der Waals surface area contributed by atoms with Crippen molar-refractivity contribution in [1.29, 1.82) is 0 Å². The number of hydrogen-bond acceptors (Lipinski definition) is 5. The normalized spacial score (nSPS) is 14.9. The van der Waals surface area contributed by atoms with Crippen molar-refractivity contribution in [3.05, 3.63) is 49.2 Å². The molecule has 3 aromatic rings. The van der Waals surface area contributed by atoms with E-state index in [4.69, 9.17) is 0 Å². The number of aromatic amines is 1. The number of imidazole rings is 1. The van der Waals surface area contributed by atoms with Crippen LogP contribution in [0.4, 0.5) is 5.69 Å². The Balaban J connectivity index is 1.83. The van der Waals surface area contributed by atoms with Crippen LogP contribution in [0.1, 0.15) is 0 Å². The van der Waals surface area contributed by atoms with Gasteiger partial charge in [-0.2, -0.15) is 0 Å². The average Bonchev–Trinajstić information content (AvgIpc) is 3.17. The van der Waals surface area contributed by atoms with E-state index in [9.17, 15) is 0 Å². The smallest absolute Gasteiger partial charge is 0.141 e. The summed E-state index contributed by atoms with van der Waals surface area (Å²) < 4.78 is 0. The van der Waals surface area contributed by atoms with Gasteiger partial charge in [0.05, 0.1) is 11.3 Å². The van der Waals surface area contributed by atoms with Crippen LogP contribution < -0.4 is 10.2 Å². The van der Waals surface area contributed by atoms with Crippen LogP contribution in [0.15, 0.2) is 49.2 Å². The molecule has 1 aliphatic heterocycles. The third-order valence-corrected chi connectivity index (χ3v) is 4.08. The summed E-state index contributed by atoms with van der Waals surface area (Å²) in [5, 5.41) is 3.40. The number of aromatic nitrogens is 4. The highest BCUT2D eigenvalue weighted by atomic mass is 15.2. The molecule has 1 fully saturated rings. The van der Waals surface area contributed by atoms with Gasteiger partial charge in [0.1, 0.15) is 12.2 Å². The van der Waals surface area contributed by atoms with Gasteiger partial charge in [-0.1, -0.05) is 18.2 Å². The molecule has 0 amide bonds. The lowest BCUT2D eigenvalue weighted by molar-refractivity contribution is 0.589. The number of H-pyrrole nitrogens is 1. The maximum absolute atomic E-state index is 4.55. The summed E-state index contributed by atoms with van der Waals surface area (Å²) in [4.78, 5) is 18.6. The molecule has 2 N–H and O–H groups in total. The summed E-state index contributed by atoms with van der Waals surface area (Å²) in [6.07, 6.45) is 6.97. The lowest BCUT2D eigenvalue weighted by Crippen LogP contribution is -2.43. The minimum Gasteiger partial charge on any atom is -0.368 e. The fourth-order valence-electron chi connectivity index (χ4n) is 2.99. The summed E-state index contributed by atoms with van der Waals surface area (Å²) in [6, 6.07) is 8.41. The summed E-state index contributed by atoms with van der Waals surface area (Å²) in [6.45, 7) is 4.00. The van der Waals surface area contributed by atoms with E-state index in [0.29, 0.717) is 0 Å². The van der Waals surface area contributed by atoms with Crippen molar-refractivity contribution in [2.75, 3.05) is 31.1 Å². The summed E-state index contributed by atoms with van der Waals surface area (Å²) >= 11 is 0. The zero-order valence-corrected chi connectivity index (χ0v) is 12.7. The zero-order valence-electron chi connectivity index (χ0n) is 12.7. The molecule has 6 heteroatoms.